The molecule has 6 nitrogen and oxygen atoms in total. The molecule has 1 fully saturated rings. The molecule has 1 aromatic heterocycles. The monoisotopic (exact) mass is 315 g/mol. The van der Waals surface area contributed by atoms with Crippen LogP contribution in [0.3, 0.4) is 0 Å². The molecule has 1 unspecified atom stereocenters. The Labute approximate surface area is 135 Å². The Balaban J connectivity index is 1.67. The summed E-state index contributed by atoms with van der Waals surface area (Å²) < 4.78 is 10.7. The summed E-state index contributed by atoms with van der Waals surface area (Å²) in [7, 11) is 0. The molecule has 2 aromatic rings. The van der Waals surface area contributed by atoms with Crippen LogP contribution in [0.2, 0.25) is 0 Å². The number of amides is 1. The molecule has 1 amide bonds. The predicted octanol–water partition coefficient (Wildman–Crippen LogP) is 2.68. The molecule has 2 heterocycles. The summed E-state index contributed by atoms with van der Waals surface area (Å²) in [6.07, 6.45) is 2.20. The largest absolute Gasteiger partial charge is 0.494 e. The summed E-state index contributed by atoms with van der Waals surface area (Å²) in [5, 5.41) is 3.83. The zero-order chi connectivity index (χ0) is 16.2. The van der Waals surface area contributed by atoms with Crippen LogP contribution in [0.4, 0.5) is 0 Å². The number of rotatable bonds is 5. The smallest absolute Gasteiger partial charge is 0.249 e. The summed E-state index contributed by atoms with van der Waals surface area (Å²) >= 11 is 0. The lowest BCUT2D eigenvalue weighted by Gasteiger charge is -2.22. The Morgan fingerprint density at radius 2 is 2.17 bits per heavy atom. The van der Waals surface area contributed by atoms with E-state index in [1.165, 1.54) is 0 Å². The summed E-state index contributed by atoms with van der Waals surface area (Å²) in [4.78, 5) is 18.7. The lowest BCUT2D eigenvalue weighted by Crippen LogP contribution is -2.32. The van der Waals surface area contributed by atoms with E-state index >= 15 is 0 Å². The summed E-state index contributed by atoms with van der Waals surface area (Å²) in [6.45, 7) is 5.11. The van der Waals surface area contributed by atoms with Gasteiger partial charge in [0.05, 0.1) is 13.0 Å². The van der Waals surface area contributed by atoms with Crippen LogP contribution in [-0.4, -0.2) is 34.1 Å². The number of carbonyl (C=O) groups excluding carboxylic acids is 1. The van der Waals surface area contributed by atoms with Gasteiger partial charge in [0.25, 0.3) is 0 Å². The highest BCUT2D eigenvalue weighted by atomic mass is 16.5. The molecule has 122 valence electrons. The number of benzene rings is 1. The lowest BCUT2D eigenvalue weighted by atomic mass is 10.1. The second-order valence-corrected chi connectivity index (χ2v) is 5.68. The fourth-order valence-corrected chi connectivity index (χ4v) is 2.92. The normalized spacial score (nSPS) is 17.5. The van der Waals surface area contributed by atoms with Crippen molar-refractivity contribution in [1.29, 1.82) is 0 Å². The predicted molar refractivity (Wildman–Crippen MR) is 84.0 cm³/mol. The van der Waals surface area contributed by atoms with Gasteiger partial charge in [-0.25, -0.2) is 0 Å². The van der Waals surface area contributed by atoms with Gasteiger partial charge in [0.1, 0.15) is 11.8 Å². The number of aromatic nitrogens is 2. The molecule has 0 N–H and O–H groups in total. The average molecular weight is 315 g/mol. The quantitative estimate of drug-likeness (QED) is 0.848. The maximum atomic E-state index is 12.6. The Morgan fingerprint density at radius 1 is 1.39 bits per heavy atom. The Kier molecular flexibility index (Phi) is 4.60. The van der Waals surface area contributed by atoms with Crippen LogP contribution < -0.4 is 4.74 Å². The van der Waals surface area contributed by atoms with Crippen molar-refractivity contribution in [3.05, 3.63) is 41.5 Å². The minimum Gasteiger partial charge on any atom is -0.494 e. The zero-order valence-electron chi connectivity index (χ0n) is 13.5. The first-order valence-corrected chi connectivity index (χ1v) is 7.98. The average Bonchev–Trinajstić information content (AvgIpc) is 3.18. The molecule has 0 spiro atoms. The molecule has 0 saturated carbocycles. The molecule has 1 atom stereocenters. The number of ether oxygens (including phenoxy) is 1. The molecule has 3 rings (SSSR count). The van der Waals surface area contributed by atoms with E-state index in [9.17, 15) is 4.79 Å². The molecule has 1 saturated heterocycles. The molecule has 1 aliphatic rings. The van der Waals surface area contributed by atoms with Crippen LogP contribution in [0, 0.1) is 6.92 Å². The molecular formula is C17H21N3O3. The SMILES string of the molecule is CCOc1ccc(CC(=O)N2CCCC2c2nc(C)no2)cc1. The van der Waals surface area contributed by atoms with Gasteiger partial charge in [-0.05, 0) is 44.4 Å². The summed E-state index contributed by atoms with van der Waals surface area (Å²) in [5.41, 5.74) is 0.978. The third-order valence-corrected chi connectivity index (χ3v) is 3.99. The summed E-state index contributed by atoms with van der Waals surface area (Å²) in [5.74, 6) is 2.06. The minimum absolute atomic E-state index is 0.0903. The number of carbonyl (C=O) groups is 1. The van der Waals surface area contributed by atoms with Crippen molar-refractivity contribution in [1.82, 2.24) is 15.0 Å². The van der Waals surface area contributed by atoms with Crippen LogP contribution in [0.25, 0.3) is 0 Å². The van der Waals surface area contributed by atoms with Gasteiger partial charge in [-0.1, -0.05) is 17.3 Å². The number of aryl methyl sites for hydroxylation is 1. The Morgan fingerprint density at radius 3 is 2.83 bits per heavy atom. The van der Waals surface area contributed by atoms with E-state index in [0.717, 1.165) is 30.7 Å². The second-order valence-electron chi connectivity index (χ2n) is 5.68. The van der Waals surface area contributed by atoms with Gasteiger partial charge in [-0.2, -0.15) is 4.98 Å². The van der Waals surface area contributed by atoms with Gasteiger partial charge in [0.15, 0.2) is 5.82 Å². The maximum absolute atomic E-state index is 12.6. The van der Waals surface area contributed by atoms with Crippen LogP contribution >= 0.6 is 0 Å². The third-order valence-electron chi connectivity index (χ3n) is 3.99. The number of nitrogens with zero attached hydrogens (tertiary/aromatic N) is 3. The summed E-state index contributed by atoms with van der Waals surface area (Å²) in [6, 6.07) is 7.57. The standard InChI is InChI=1S/C17H21N3O3/c1-3-22-14-8-6-13(7-9-14)11-16(21)20-10-4-5-15(20)17-18-12(2)19-23-17/h6-9,15H,3-5,10-11H2,1-2H3. The first-order chi connectivity index (χ1) is 11.2. The Bertz CT molecular complexity index is 666. The molecular weight excluding hydrogens is 294 g/mol. The van der Waals surface area contributed by atoms with Crippen molar-refractivity contribution in [3.8, 4) is 5.75 Å². The van der Waals surface area contributed by atoms with E-state index in [4.69, 9.17) is 9.26 Å². The topological polar surface area (TPSA) is 68.5 Å². The van der Waals surface area contributed by atoms with E-state index < -0.39 is 0 Å². The molecule has 1 aliphatic heterocycles. The van der Waals surface area contributed by atoms with Crippen LogP contribution in [-0.2, 0) is 11.2 Å². The number of hydrogen-bond donors (Lipinski definition) is 0. The lowest BCUT2D eigenvalue weighted by molar-refractivity contribution is -0.131. The Hall–Kier alpha value is -2.37. The number of likely N-dealkylation sites (tertiary alicyclic amines) is 1. The van der Waals surface area contributed by atoms with Crippen molar-refractivity contribution in [3.63, 3.8) is 0 Å². The van der Waals surface area contributed by atoms with E-state index in [1.807, 2.05) is 36.1 Å². The van der Waals surface area contributed by atoms with Crippen LogP contribution in [0.1, 0.15) is 43.1 Å². The molecule has 1 aromatic carbocycles. The van der Waals surface area contributed by atoms with E-state index in [0.29, 0.717) is 24.7 Å². The third kappa shape index (κ3) is 3.52. The van der Waals surface area contributed by atoms with Crippen LogP contribution in [0.5, 0.6) is 5.75 Å². The fraction of sp³-hybridized carbons (Fsp3) is 0.471. The van der Waals surface area contributed by atoms with Crippen molar-refractivity contribution in [2.24, 2.45) is 0 Å². The van der Waals surface area contributed by atoms with Gasteiger partial charge in [0.2, 0.25) is 11.8 Å². The van der Waals surface area contributed by atoms with Crippen molar-refractivity contribution in [2.45, 2.75) is 39.2 Å². The van der Waals surface area contributed by atoms with Crippen molar-refractivity contribution >= 4 is 5.91 Å². The van der Waals surface area contributed by atoms with Crippen LogP contribution in [0.15, 0.2) is 28.8 Å². The highest BCUT2D eigenvalue weighted by Gasteiger charge is 2.33. The molecule has 6 heteroatoms. The first-order valence-electron chi connectivity index (χ1n) is 7.98. The van der Waals surface area contributed by atoms with Gasteiger partial charge in [-0.3, -0.25) is 4.79 Å². The van der Waals surface area contributed by atoms with E-state index in [-0.39, 0.29) is 11.9 Å². The highest BCUT2D eigenvalue weighted by molar-refractivity contribution is 5.79. The second kappa shape index (κ2) is 6.81. The zero-order valence-corrected chi connectivity index (χ0v) is 13.5. The van der Waals surface area contributed by atoms with Gasteiger partial charge >= 0.3 is 0 Å². The number of hydrogen-bond acceptors (Lipinski definition) is 5. The minimum atomic E-state index is -0.0913. The molecule has 0 aliphatic carbocycles. The van der Waals surface area contributed by atoms with Gasteiger partial charge < -0.3 is 14.2 Å². The van der Waals surface area contributed by atoms with Gasteiger partial charge in [-0.15, -0.1) is 0 Å². The molecule has 0 radical (unpaired) electrons. The van der Waals surface area contributed by atoms with Crippen molar-refractivity contribution < 1.29 is 14.1 Å². The molecule has 0 bridgehead atoms. The first kappa shape index (κ1) is 15.5. The maximum Gasteiger partial charge on any atom is 0.249 e. The van der Waals surface area contributed by atoms with E-state index in [2.05, 4.69) is 10.1 Å². The fourth-order valence-electron chi connectivity index (χ4n) is 2.92. The van der Waals surface area contributed by atoms with E-state index in [1.54, 1.807) is 6.92 Å². The highest BCUT2D eigenvalue weighted by Crippen LogP contribution is 2.31. The molecule has 23 heavy (non-hydrogen) atoms. The van der Waals surface area contributed by atoms with Gasteiger partial charge in [0, 0.05) is 6.54 Å². The van der Waals surface area contributed by atoms with Crippen molar-refractivity contribution in [2.75, 3.05) is 13.2 Å².